The average molecular weight is 213 g/mol. The number of carboxylic acids is 1. The van der Waals surface area contributed by atoms with Gasteiger partial charge in [-0.15, -0.1) is 0 Å². The summed E-state index contributed by atoms with van der Waals surface area (Å²) in [6.07, 6.45) is 2.30. The predicted octanol–water partition coefficient (Wildman–Crippen LogP) is 0.322. The van der Waals surface area contributed by atoms with Crippen LogP contribution < -0.4 is 5.73 Å². The average Bonchev–Trinajstić information content (AvgIpc) is 2.52. The number of carbonyl (C=O) groups is 3. The topological polar surface area (TPSA) is 97.5 Å². The summed E-state index contributed by atoms with van der Waals surface area (Å²) in [7, 11) is 0. The number of amides is 1. The minimum atomic E-state index is -1.28. The summed E-state index contributed by atoms with van der Waals surface area (Å²) < 4.78 is 0. The summed E-state index contributed by atoms with van der Waals surface area (Å²) in [5.74, 6) is -3.69. The Morgan fingerprint density at radius 2 is 1.73 bits per heavy atom. The molecule has 0 spiro atoms. The first-order chi connectivity index (χ1) is 6.92. The summed E-state index contributed by atoms with van der Waals surface area (Å²) in [6, 6.07) is 0. The van der Waals surface area contributed by atoms with Crippen LogP contribution in [0.2, 0.25) is 0 Å². The molecule has 1 amide bonds. The van der Waals surface area contributed by atoms with Crippen molar-refractivity contribution in [2.75, 3.05) is 0 Å². The fourth-order valence-corrected chi connectivity index (χ4v) is 2.48. The maximum absolute atomic E-state index is 11.4. The number of aliphatic carboxylic acids is 1. The van der Waals surface area contributed by atoms with Crippen molar-refractivity contribution in [2.45, 2.75) is 32.6 Å². The molecule has 0 bridgehead atoms. The van der Waals surface area contributed by atoms with Gasteiger partial charge in [0.25, 0.3) is 0 Å². The van der Waals surface area contributed by atoms with Crippen LogP contribution in [0.3, 0.4) is 0 Å². The highest BCUT2D eigenvalue weighted by molar-refractivity contribution is 6.03. The van der Waals surface area contributed by atoms with Gasteiger partial charge < -0.3 is 10.8 Å². The maximum atomic E-state index is 11.4. The molecule has 5 heteroatoms. The second-order valence-corrected chi connectivity index (χ2v) is 4.11. The molecule has 0 saturated heterocycles. The van der Waals surface area contributed by atoms with Crippen LogP contribution in [0, 0.1) is 11.3 Å². The molecule has 0 aromatic heterocycles. The van der Waals surface area contributed by atoms with Crippen molar-refractivity contribution < 1.29 is 19.5 Å². The van der Waals surface area contributed by atoms with Gasteiger partial charge in [-0.3, -0.25) is 14.4 Å². The van der Waals surface area contributed by atoms with Crippen molar-refractivity contribution in [1.29, 1.82) is 0 Å². The molecule has 15 heavy (non-hydrogen) atoms. The van der Waals surface area contributed by atoms with Gasteiger partial charge in [0.2, 0.25) is 5.91 Å². The van der Waals surface area contributed by atoms with E-state index in [1.807, 2.05) is 0 Å². The minimum Gasteiger partial charge on any atom is -0.481 e. The number of rotatable bonds is 4. The molecule has 3 N–H and O–H groups in total. The minimum absolute atomic E-state index is 0.402. The molecule has 0 aromatic rings. The van der Waals surface area contributed by atoms with E-state index in [9.17, 15) is 14.4 Å². The number of Topliss-reactive ketones (excluding diaryl/α,β-unsaturated/α-hetero) is 1. The Morgan fingerprint density at radius 3 is 2.00 bits per heavy atom. The SMILES string of the molecule is CC(=O)C(C(=O)O)C1(C(N)=O)CCCC1. The number of hydrogen-bond donors (Lipinski definition) is 2. The normalized spacial score (nSPS) is 20.9. The second kappa shape index (κ2) is 4.00. The van der Waals surface area contributed by atoms with E-state index in [1.165, 1.54) is 6.92 Å². The lowest BCUT2D eigenvalue weighted by molar-refractivity contribution is -0.156. The number of primary amides is 1. The number of ketones is 1. The lowest BCUT2D eigenvalue weighted by Gasteiger charge is -2.29. The third kappa shape index (κ3) is 1.86. The summed E-state index contributed by atoms with van der Waals surface area (Å²) >= 11 is 0. The zero-order chi connectivity index (χ0) is 11.6. The van der Waals surface area contributed by atoms with E-state index in [4.69, 9.17) is 10.8 Å². The molecule has 1 aliphatic carbocycles. The summed E-state index contributed by atoms with van der Waals surface area (Å²) in [5.41, 5.74) is 4.10. The lowest BCUT2D eigenvalue weighted by atomic mass is 9.71. The van der Waals surface area contributed by atoms with Crippen LogP contribution in [0.25, 0.3) is 0 Å². The highest BCUT2D eigenvalue weighted by Crippen LogP contribution is 2.44. The highest BCUT2D eigenvalue weighted by atomic mass is 16.4. The van der Waals surface area contributed by atoms with Gasteiger partial charge in [-0.05, 0) is 19.8 Å². The molecular weight excluding hydrogens is 198 g/mol. The molecule has 1 atom stereocenters. The van der Waals surface area contributed by atoms with E-state index in [-0.39, 0.29) is 0 Å². The molecule has 1 saturated carbocycles. The zero-order valence-electron chi connectivity index (χ0n) is 8.66. The number of carbonyl (C=O) groups excluding carboxylic acids is 2. The molecule has 0 aliphatic heterocycles. The van der Waals surface area contributed by atoms with Gasteiger partial charge in [-0.2, -0.15) is 0 Å². The van der Waals surface area contributed by atoms with Crippen molar-refractivity contribution in [1.82, 2.24) is 0 Å². The van der Waals surface area contributed by atoms with Gasteiger partial charge in [-0.1, -0.05) is 12.8 Å². The Kier molecular flexibility index (Phi) is 3.12. The maximum Gasteiger partial charge on any atom is 0.315 e. The van der Waals surface area contributed by atoms with Crippen molar-refractivity contribution in [3.8, 4) is 0 Å². The first-order valence-electron chi connectivity index (χ1n) is 4.95. The van der Waals surface area contributed by atoms with Crippen molar-refractivity contribution in [3.63, 3.8) is 0 Å². The molecule has 5 nitrogen and oxygen atoms in total. The molecular formula is C10H15NO4. The molecule has 0 radical (unpaired) electrons. The summed E-state index contributed by atoms with van der Waals surface area (Å²) in [5, 5.41) is 8.99. The highest BCUT2D eigenvalue weighted by Gasteiger charge is 2.51. The van der Waals surface area contributed by atoms with Crippen molar-refractivity contribution >= 4 is 17.7 Å². The van der Waals surface area contributed by atoms with Gasteiger partial charge in [0.15, 0.2) is 0 Å². The summed E-state index contributed by atoms with van der Waals surface area (Å²) in [6.45, 7) is 1.20. The number of hydrogen-bond acceptors (Lipinski definition) is 3. The molecule has 84 valence electrons. The molecule has 1 fully saturated rings. The fraction of sp³-hybridized carbons (Fsp3) is 0.700. The Bertz CT molecular complexity index is 291. The molecule has 1 rings (SSSR count). The van der Waals surface area contributed by atoms with Crippen LogP contribution >= 0.6 is 0 Å². The molecule has 1 aliphatic rings. The molecule has 0 aromatic carbocycles. The van der Waals surface area contributed by atoms with Crippen molar-refractivity contribution in [3.05, 3.63) is 0 Å². The smallest absolute Gasteiger partial charge is 0.315 e. The van der Waals surface area contributed by atoms with Crippen LogP contribution in [-0.2, 0) is 14.4 Å². The molecule has 1 unspecified atom stereocenters. The van der Waals surface area contributed by atoms with Gasteiger partial charge >= 0.3 is 5.97 Å². The van der Waals surface area contributed by atoms with E-state index in [2.05, 4.69) is 0 Å². The largest absolute Gasteiger partial charge is 0.481 e. The van der Waals surface area contributed by atoms with E-state index >= 15 is 0 Å². The Labute approximate surface area is 87.6 Å². The van der Waals surface area contributed by atoms with Gasteiger partial charge in [-0.25, -0.2) is 0 Å². The van der Waals surface area contributed by atoms with Crippen LogP contribution in [0.1, 0.15) is 32.6 Å². The van der Waals surface area contributed by atoms with Crippen LogP contribution in [-0.4, -0.2) is 22.8 Å². The standard InChI is InChI=1S/C10H15NO4/c1-6(12)7(8(13)14)10(9(11)15)4-2-3-5-10/h7H,2-5H2,1H3,(H2,11,15)(H,13,14). The second-order valence-electron chi connectivity index (χ2n) is 4.11. The van der Waals surface area contributed by atoms with E-state index in [1.54, 1.807) is 0 Å². The van der Waals surface area contributed by atoms with Crippen LogP contribution in [0.15, 0.2) is 0 Å². The number of nitrogens with two attached hydrogens (primary N) is 1. The third-order valence-electron chi connectivity index (χ3n) is 3.19. The third-order valence-corrected chi connectivity index (χ3v) is 3.19. The van der Waals surface area contributed by atoms with Crippen molar-refractivity contribution in [2.24, 2.45) is 17.1 Å². The summed E-state index contributed by atoms with van der Waals surface area (Å²) in [4.78, 5) is 33.7. The van der Waals surface area contributed by atoms with Gasteiger partial charge in [0.05, 0.1) is 5.41 Å². The van der Waals surface area contributed by atoms with Crippen LogP contribution in [0.4, 0.5) is 0 Å². The quantitative estimate of drug-likeness (QED) is 0.657. The Morgan fingerprint density at radius 1 is 1.27 bits per heavy atom. The van der Waals surface area contributed by atoms with Gasteiger partial charge in [0.1, 0.15) is 11.7 Å². The van der Waals surface area contributed by atoms with E-state index < -0.39 is 29.0 Å². The monoisotopic (exact) mass is 213 g/mol. The van der Waals surface area contributed by atoms with E-state index in [0.29, 0.717) is 12.8 Å². The molecule has 0 heterocycles. The Balaban J connectivity index is 3.11. The fourth-order valence-electron chi connectivity index (χ4n) is 2.48. The van der Waals surface area contributed by atoms with Gasteiger partial charge in [0, 0.05) is 0 Å². The first kappa shape index (κ1) is 11.7. The first-order valence-corrected chi connectivity index (χ1v) is 4.95. The van der Waals surface area contributed by atoms with E-state index in [0.717, 1.165) is 12.8 Å². The van der Waals surface area contributed by atoms with Crippen LogP contribution in [0.5, 0.6) is 0 Å². The Hall–Kier alpha value is -1.39. The number of carboxylic acid groups (broad SMARTS) is 1. The zero-order valence-corrected chi connectivity index (χ0v) is 8.66. The predicted molar refractivity (Wildman–Crippen MR) is 51.9 cm³/mol. The lowest BCUT2D eigenvalue weighted by Crippen LogP contribution is -2.47.